The second-order valence-electron chi connectivity index (χ2n) is 4.22. The molecular weight excluding hydrogens is 258 g/mol. The molecule has 0 fully saturated rings. The van der Waals surface area contributed by atoms with Gasteiger partial charge in [0.1, 0.15) is 11.3 Å². The molecule has 0 radical (unpaired) electrons. The molecule has 102 valence electrons. The van der Waals surface area contributed by atoms with Crippen LogP contribution in [-0.4, -0.2) is 31.8 Å². The topological polar surface area (TPSA) is 85.7 Å². The summed E-state index contributed by atoms with van der Waals surface area (Å²) in [7, 11) is 0. The third kappa shape index (κ3) is 2.13. The van der Waals surface area contributed by atoms with Gasteiger partial charge in [0.25, 0.3) is 5.56 Å². The van der Waals surface area contributed by atoms with Crippen LogP contribution in [-0.2, 0) is 6.54 Å². The molecule has 0 spiro atoms. The number of nitrogens with one attached hydrogen (secondary N) is 1. The molecule has 0 unspecified atom stereocenters. The normalized spacial score (nSPS) is 10.8. The van der Waals surface area contributed by atoms with Gasteiger partial charge in [-0.1, -0.05) is 23.4 Å². The fraction of sp³-hybridized carbons (Fsp3) is 0.231. The molecule has 0 bridgehead atoms. The monoisotopic (exact) mass is 271 g/mol. The maximum Gasteiger partial charge on any atom is 0.295 e. The van der Waals surface area contributed by atoms with E-state index in [0.717, 1.165) is 11.3 Å². The van der Waals surface area contributed by atoms with Crippen molar-refractivity contribution in [3.05, 3.63) is 46.4 Å². The van der Waals surface area contributed by atoms with Gasteiger partial charge in [-0.15, -0.1) is 5.10 Å². The molecule has 1 N–H and O–H groups in total. The molecule has 3 aromatic rings. The first-order chi connectivity index (χ1) is 9.79. The molecule has 0 aliphatic rings. The molecule has 0 atom stereocenters. The zero-order valence-corrected chi connectivity index (χ0v) is 10.9. The van der Waals surface area contributed by atoms with E-state index >= 15 is 0 Å². The highest BCUT2D eigenvalue weighted by Gasteiger charge is 2.10. The number of rotatable bonds is 4. The van der Waals surface area contributed by atoms with E-state index in [9.17, 15) is 4.79 Å². The first kappa shape index (κ1) is 12.3. The number of para-hydroxylation sites is 1. The summed E-state index contributed by atoms with van der Waals surface area (Å²) in [5.74, 6) is 0.744. The number of ether oxygens (including phenoxy) is 1. The highest BCUT2D eigenvalue weighted by atomic mass is 16.5. The molecule has 1 aromatic carbocycles. The number of fused-ring (bicyclic) bond motifs is 1. The standard InChI is InChI=1S/C13H13N5O2/c1-2-20-11-6-4-3-5-9(11)8-18-13(19)12-10(15-17-18)7-14-16-12/h3-7H,2,8H2,1H3,(H,14,16). The number of benzene rings is 1. The summed E-state index contributed by atoms with van der Waals surface area (Å²) < 4.78 is 6.83. The Kier molecular flexibility index (Phi) is 3.16. The van der Waals surface area contributed by atoms with Gasteiger partial charge in [0.05, 0.1) is 19.3 Å². The predicted octanol–water partition coefficient (Wildman–Crippen LogP) is 0.962. The van der Waals surface area contributed by atoms with E-state index in [0.29, 0.717) is 24.2 Å². The van der Waals surface area contributed by atoms with Crippen molar-refractivity contribution < 1.29 is 4.74 Å². The maximum absolute atomic E-state index is 12.2. The van der Waals surface area contributed by atoms with Crippen LogP contribution in [0.3, 0.4) is 0 Å². The van der Waals surface area contributed by atoms with Crippen LogP contribution in [0.25, 0.3) is 11.0 Å². The molecule has 7 heteroatoms. The van der Waals surface area contributed by atoms with Crippen LogP contribution in [0.5, 0.6) is 5.75 Å². The van der Waals surface area contributed by atoms with Gasteiger partial charge in [0.15, 0.2) is 5.52 Å². The van der Waals surface area contributed by atoms with E-state index in [4.69, 9.17) is 4.74 Å². The highest BCUT2D eigenvalue weighted by molar-refractivity contribution is 5.70. The van der Waals surface area contributed by atoms with E-state index < -0.39 is 0 Å². The van der Waals surface area contributed by atoms with Crippen LogP contribution in [0, 0.1) is 0 Å². The summed E-state index contributed by atoms with van der Waals surface area (Å²) in [6.07, 6.45) is 1.47. The van der Waals surface area contributed by atoms with Gasteiger partial charge >= 0.3 is 0 Å². The lowest BCUT2D eigenvalue weighted by Crippen LogP contribution is -2.25. The molecule has 0 saturated heterocycles. The van der Waals surface area contributed by atoms with E-state index in [1.165, 1.54) is 10.9 Å². The Balaban J connectivity index is 2.01. The van der Waals surface area contributed by atoms with Crippen molar-refractivity contribution in [3.63, 3.8) is 0 Å². The van der Waals surface area contributed by atoms with Gasteiger partial charge in [-0.3, -0.25) is 9.89 Å². The van der Waals surface area contributed by atoms with Crippen LogP contribution < -0.4 is 10.3 Å². The van der Waals surface area contributed by atoms with Crippen molar-refractivity contribution in [2.45, 2.75) is 13.5 Å². The van der Waals surface area contributed by atoms with E-state index in [1.54, 1.807) is 0 Å². The minimum Gasteiger partial charge on any atom is -0.494 e. The van der Waals surface area contributed by atoms with Gasteiger partial charge in [-0.2, -0.15) is 5.10 Å². The van der Waals surface area contributed by atoms with Gasteiger partial charge in [0, 0.05) is 5.56 Å². The summed E-state index contributed by atoms with van der Waals surface area (Å²) in [5.41, 5.74) is 1.45. The SMILES string of the molecule is CCOc1ccccc1Cn1nnc2cn[nH]c2c1=O. The van der Waals surface area contributed by atoms with Crippen molar-refractivity contribution in [1.82, 2.24) is 25.2 Å². The molecule has 0 aliphatic heterocycles. The summed E-state index contributed by atoms with van der Waals surface area (Å²) in [6.45, 7) is 2.79. The molecule has 20 heavy (non-hydrogen) atoms. The van der Waals surface area contributed by atoms with Gasteiger partial charge < -0.3 is 4.74 Å². The zero-order valence-electron chi connectivity index (χ0n) is 10.9. The molecular formula is C13H13N5O2. The Hall–Kier alpha value is -2.70. The lowest BCUT2D eigenvalue weighted by molar-refractivity contribution is 0.335. The third-order valence-corrected chi connectivity index (χ3v) is 2.92. The number of nitrogens with zero attached hydrogens (tertiary/aromatic N) is 4. The second kappa shape index (κ2) is 5.12. The first-order valence-corrected chi connectivity index (χ1v) is 6.27. The van der Waals surface area contributed by atoms with Crippen LogP contribution >= 0.6 is 0 Å². The summed E-state index contributed by atoms with van der Waals surface area (Å²) in [6, 6.07) is 7.55. The van der Waals surface area contributed by atoms with Crippen molar-refractivity contribution in [3.8, 4) is 5.75 Å². The quantitative estimate of drug-likeness (QED) is 0.764. The molecule has 0 aliphatic carbocycles. The number of aromatic amines is 1. The Labute approximate surface area is 114 Å². The Bertz CT molecular complexity index is 793. The van der Waals surface area contributed by atoms with E-state index in [1.807, 2.05) is 31.2 Å². The number of hydrogen-bond acceptors (Lipinski definition) is 5. The van der Waals surface area contributed by atoms with Gasteiger partial charge in [-0.05, 0) is 13.0 Å². The molecule has 2 aromatic heterocycles. The summed E-state index contributed by atoms with van der Waals surface area (Å²) in [5, 5.41) is 14.3. The maximum atomic E-state index is 12.2. The lowest BCUT2D eigenvalue weighted by Gasteiger charge is -2.10. The van der Waals surface area contributed by atoms with Crippen LogP contribution in [0.15, 0.2) is 35.3 Å². The Morgan fingerprint density at radius 1 is 1.35 bits per heavy atom. The van der Waals surface area contributed by atoms with E-state index in [2.05, 4.69) is 20.5 Å². The lowest BCUT2D eigenvalue weighted by atomic mass is 10.2. The van der Waals surface area contributed by atoms with Gasteiger partial charge in [0.2, 0.25) is 0 Å². The Morgan fingerprint density at radius 2 is 2.20 bits per heavy atom. The third-order valence-electron chi connectivity index (χ3n) is 2.92. The Morgan fingerprint density at radius 3 is 3.05 bits per heavy atom. The molecule has 3 rings (SSSR count). The van der Waals surface area contributed by atoms with Crippen molar-refractivity contribution in [1.29, 1.82) is 0 Å². The minimum absolute atomic E-state index is 0.251. The predicted molar refractivity (Wildman–Crippen MR) is 72.7 cm³/mol. The minimum atomic E-state index is -0.251. The average molecular weight is 271 g/mol. The zero-order chi connectivity index (χ0) is 13.9. The van der Waals surface area contributed by atoms with Crippen molar-refractivity contribution >= 4 is 11.0 Å². The highest BCUT2D eigenvalue weighted by Crippen LogP contribution is 2.18. The van der Waals surface area contributed by atoms with Crippen molar-refractivity contribution in [2.24, 2.45) is 0 Å². The van der Waals surface area contributed by atoms with Crippen molar-refractivity contribution in [2.75, 3.05) is 6.61 Å². The fourth-order valence-corrected chi connectivity index (χ4v) is 1.98. The summed E-state index contributed by atoms with van der Waals surface area (Å²) >= 11 is 0. The number of H-pyrrole nitrogens is 1. The van der Waals surface area contributed by atoms with Crippen LogP contribution in [0.4, 0.5) is 0 Å². The molecule has 0 amide bonds. The second-order valence-corrected chi connectivity index (χ2v) is 4.22. The molecule has 0 saturated carbocycles. The average Bonchev–Trinajstić information content (AvgIpc) is 2.93. The number of hydrogen-bond donors (Lipinski definition) is 1. The fourth-order valence-electron chi connectivity index (χ4n) is 1.98. The van der Waals surface area contributed by atoms with Gasteiger partial charge in [-0.25, -0.2) is 4.68 Å². The first-order valence-electron chi connectivity index (χ1n) is 6.27. The van der Waals surface area contributed by atoms with Crippen LogP contribution in [0.1, 0.15) is 12.5 Å². The van der Waals surface area contributed by atoms with Crippen LogP contribution in [0.2, 0.25) is 0 Å². The molecule has 7 nitrogen and oxygen atoms in total. The largest absolute Gasteiger partial charge is 0.494 e. The summed E-state index contributed by atoms with van der Waals surface area (Å²) in [4.78, 5) is 12.2. The van der Waals surface area contributed by atoms with E-state index in [-0.39, 0.29) is 5.56 Å². The molecule has 2 heterocycles. The number of aromatic nitrogens is 5. The smallest absolute Gasteiger partial charge is 0.295 e.